The van der Waals surface area contributed by atoms with Crippen LogP contribution >= 0.6 is 0 Å². The van der Waals surface area contributed by atoms with Gasteiger partial charge in [-0.15, -0.1) is 0 Å². The Balaban J connectivity index is 1.41. The molecule has 2 aliphatic heterocycles. The van der Waals surface area contributed by atoms with Gasteiger partial charge in [0.15, 0.2) is 0 Å². The van der Waals surface area contributed by atoms with Crippen molar-refractivity contribution in [2.45, 2.75) is 39.2 Å². The predicted octanol–water partition coefficient (Wildman–Crippen LogP) is 2.94. The molecular weight excluding hydrogens is 434 g/mol. The highest BCUT2D eigenvalue weighted by Crippen LogP contribution is 2.23. The first-order valence-corrected chi connectivity index (χ1v) is 11.6. The lowest BCUT2D eigenvalue weighted by molar-refractivity contribution is -0.136. The average Bonchev–Trinajstić information content (AvgIpc) is 3.42. The highest BCUT2D eigenvalue weighted by Gasteiger charge is 2.35. The van der Waals surface area contributed by atoms with Crippen LogP contribution in [0.1, 0.15) is 51.1 Å². The van der Waals surface area contributed by atoms with Crippen molar-refractivity contribution in [1.29, 1.82) is 0 Å². The Bertz CT molecular complexity index is 1090. The summed E-state index contributed by atoms with van der Waals surface area (Å²) in [4.78, 5) is 53.7. The van der Waals surface area contributed by atoms with Crippen molar-refractivity contribution in [1.82, 2.24) is 9.80 Å². The number of fused-ring (bicyclic) bond motifs is 1. The van der Waals surface area contributed by atoms with E-state index in [2.05, 4.69) is 5.32 Å². The van der Waals surface area contributed by atoms with Crippen LogP contribution in [0.4, 0.5) is 5.69 Å². The van der Waals surface area contributed by atoms with Crippen LogP contribution in [-0.2, 0) is 14.3 Å². The molecule has 4 rings (SSSR count). The summed E-state index contributed by atoms with van der Waals surface area (Å²) in [6.45, 7) is 4.66. The van der Waals surface area contributed by atoms with Crippen LogP contribution in [0.5, 0.6) is 0 Å². The summed E-state index contributed by atoms with van der Waals surface area (Å²) in [5.41, 5.74) is 3.44. The van der Waals surface area contributed by atoms with Gasteiger partial charge >= 0.3 is 0 Å². The van der Waals surface area contributed by atoms with E-state index in [0.717, 1.165) is 28.9 Å². The second-order valence-corrected chi connectivity index (χ2v) is 8.76. The zero-order valence-corrected chi connectivity index (χ0v) is 19.5. The van der Waals surface area contributed by atoms with E-state index in [9.17, 15) is 19.2 Å². The van der Waals surface area contributed by atoms with Crippen LogP contribution in [0.15, 0.2) is 42.5 Å². The van der Waals surface area contributed by atoms with Gasteiger partial charge in [0.1, 0.15) is 0 Å². The van der Waals surface area contributed by atoms with E-state index in [1.807, 2.05) is 32.0 Å². The maximum absolute atomic E-state index is 13.1. The van der Waals surface area contributed by atoms with Crippen LogP contribution in [-0.4, -0.2) is 65.8 Å². The van der Waals surface area contributed by atoms with Crippen molar-refractivity contribution in [3.63, 3.8) is 0 Å². The van der Waals surface area contributed by atoms with Gasteiger partial charge in [0, 0.05) is 31.8 Å². The number of hydrogen-bond acceptors (Lipinski definition) is 5. The molecular formula is C26H29N3O5. The molecule has 1 fully saturated rings. The van der Waals surface area contributed by atoms with E-state index >= 15 is 0 Å². The van der Waals surface area contributed by atoms with E-state index in [1.165, 1.54) is 4.90 Å². The number of amides is 4. The lowest BCUT2D eigenvalue weighted by Crippen LogP contribution is -2.44. The second-order valence-electron chi connectivity index (χ2n) is 8.76. The molecule has 0 spiro atoms. The molecule has 1 atom stereocenters. The molecule has 1 unspecified atom stereocenters. The van der Waals surface area contributed by atoms with E-state index in [-0.39, 0.29) is 37.4 Å². The standard InChI is InChI=1S/C26H29N3O5/c1-17-7-5-11-22(18(17)2)27-23(30)16-28(15-19-8-6-14-34-19)24(31)12-13-29-25(32)20-9-3-4-10-21(20)26(29)33/h3-5,7,9-11,19H,6,8,12-16H2,1-2H3,(H,27,30). The summed E-state index contributed by atoms with van der Waals surface area (Å²) in [5, 5.41) is 2.89. The van der Waals surface area contributed by atoms with Crippen molar-refractivity contribution in [2.75, 3.05) is 31.6 Å². The van der Waals surface area contributed by atoms with Gasteiger partial charge in [-0.3, -0.25) is 24.1 Å². The highest BCUT2D eigenvalue weighted by atomic mass is 16.5. The Morgan fingerprint density at radius 2 is 1.76 bits per heavy atom. The van der Waals surface area contributed by atoms with Crippen LogP contribution in [0.3, 0.4) is 0 Å². The number of aryl methyl sites for hydroxylation is 1. The fourth-order valence-corrected chi connectivity index (χ4v) is 4.35. The van der Waals surface area contributed by atoms with Gasteiger partial charge in [0.2, 0.25) is 11.8 Å². The lowest BCUT2D eigenvalue weighted by atomic mass is 10.1. The predicted molar refractivity (Wildman–Crippen MR) is 127 cm³/mol. The number of imide groups is 1. The molecule has 34 heavy (non-hydrogen) atoms. The lowest BCUT2D eigenvalue weighted by Gasteiger charge is -2.26. The van der Waals surface area contributed by atoms with Crippen molar-refractivity contribution >= 4 is 29.3 Å². The van der Waals surface area contributed by atoms with E-state index < -0.39 is 11.8 Å². The molecule has 2 aliphatic rings. The highest BCUT2D eigenvalue weighted by molar-refractivity contribution is 6.21. The molecule has 2 aromatic rings. The van der Waals surface area contributed by atoms with Gasteiger partial charge in [0.25, 0.3) is 11.8 Å². The molecule has 0 aliphatic carbocycles. The quantitative estimate of drug-likeness (QED) is 0.608. The topological polar surface area (TPSA) is 96.0 Å². The van der Waals surface area contributed by atoms with Crippen LogP contribution in [0, 0.1) is 13.8 Å². The third-order valence-electron chi connectivity index (χ3n) is 6.44. The number of anilines is 1. The number of carbonyl (C=O) groups is 4. The summed E-state index contributed by atoms with van der Waals surface area (Å²) in [5.74, 6) is -1.40. The number of nitrogens with one attached hydrogen (secondary N) is 1. The normalized spacial score (nSPS) is 17.1. The van der Waals surface area contributed by atoms with Crippen LogP contribution in [0.2, 0.25) is 0 Å². The van der Waals surface area contributed by atoms with Gasteiger partial charge < -0.3 is 15.0 Å². The van der Waals surface area contributed by atoms with Crippen molar-refractivity contribution in [2.24, 2.45) is 0 Å². The second kappa shape index (κ2) is 10.2. The average molecular weight is 464 g/mol. The van der Waals surface area contributed by atoms with E-state index in [0.29, 0.717) is 30.0 Å². The molecule has 178 valence electrons. The monoisotopic (exact) mass is 463 g/mol. The van der Waals surface area contributed by atoms with Gasteiger partial charge in [-0.2, -0.15) is 0 Å². The van der Waals surface area contributed by atoms with Crippen molar-refractivity contribution in [3.05, 3.63) is 64.7 Å². The van der Waals surface area contributed by atoms with Crippen molar-refractivity contribution < 1.29 is 23.9 Å². The SMILES string of the molecule is Cc1cccc(NC(=O)CN(CC2CCCO2)C(=O)CCN2C(=O)c3ccccc3C2=O)c1C. The van der Waals surface area contributed by atoms with Gasteiger partial charge in [-0.05, 0) is 56.0 Å². The Morgan fingerprint density at radius 3 is 2.41 bits per heavy atom. The van der Waals surface area contributed by atoms with Gasteiger partial charge in [-0.25, -0.2) is 0 Å². The summed E-state index contributed by atoms with van der Waals surface area (Å²) in [7, 11) is 0. The Hall–Kier alpha value is -3.52. The maximum atomic E-state index is 13.1. The third kappa shape index (κ3) is 5.02. The molecule has 0 radical (unpaired) electrons. The minimum Gasteiger partial charge on any atom is -0.376 e. The van der Waals surface area contributed by atoms with E-state index in [4.69, 9.17) is 4.74 Å². The summed E-state index contributed by atoms with van der Waals surface area (Å²) >= 11 is 0. The zero-order chi connectivity index (χ0) is 24.2. The van der Waals surface area contributed by atoms with Gasteiger partial charge in [0.05, 0.1) is 23.8 Å². The van der Waals surface area contributed by atoms with Crippen LogP contribution < -0.4 is 5.32 Å². The number of ether oxygens (including phenoxy) is 1. The van der Waals surface area contributed by atoms with Crippen LogP contribution in [0.25, 0.3) is 0 Å². The smallest absolute Gasteiger partial charge is 0.261 e. The summed E-state index contributed by atoms with van der Waals surface area (Å²) < 4.78 is 5.68. The Morgan fingerprint density at radius 1 is 1.06 bits per heavy atom. The zero-order valence-electron chi connectivity index (χ0n) is 19.5. The van der Waals surface area contributed by atoms with Gasteiger partial charge in [-0.1, -0.05) is 24.3 Å². The molecule has 2 heterocycles. The fourth-order valence-electron chi connectivity index (χ4n) is 4.35. The molecule has 8 heteroatoms. The number of benzene rings is 2. The molecule has 1 saturated heterocycles. The molecule has 4 amide bonds. The molecule has 0 bridgehead atoms. The molecule has 1 N–H and O–H groups in total. The maximum Gasteiger partial charge on any atom is 0.261 e. The first-order chi connectivity index (χ1) is 16.3. The van der Waals surface area contributed by atoms with Crippen molar-refractivity contribution in [3.8, 4) is 0 Å². The largest absolute Gasteiger partial charge is 0.376 e. The number of hydrogen-bond donors (Lipinski definition) is 1. The molecule has 0 saturated carbocycles. The molecule has 2 aromatic carbocycles. The first kappa shape index (κ1) is 23.6. The third-order valence-corrected chi connectivity index (χ3v) is 6.44. The fraction of sp³-hybridized carbons (Fsp3) is 0.385. The number of carbonyl (C=O) groups excluding carboxylic acids is 4. The molecule has 8 nitrogen and oxygen atoms in total. The summed E-state index contributed by atoms with van der Waals surface area (Å²) in [6, 6.07) is 12.3. The first-order valence-electron chi connectivity index (χ1n) is 11.6. The number of rotatable bonds is 8. The molecule has 0 aromatic heterocycles. The summed E-state index contributed by atoms with van der Waals surface area (Å²) in [6.07, 6.45) is 1.54. The number of nitrogens with zero attached hydrogens (tertiary/aromatic N) is 2. The Labute approximate surface area is 198 Å². The Kier molecular flexibility index (Phi) is 7.07. The van der Waals surface area contributed by atoms with E-state index in [1.54, 1.807) is 24.3 Å². The minimum atomic E-state index is -0.397. The minimum absolute atomic E-state index is 0.0359.